The smallest absolute Gasteiger partial charge is 0.236 e. The standard InChI is InChI=1S/C17H32N4O/c22-17(21-10-1-2-11-21)15-20-9-3-8-19(12-13-20)14-16-4-6-18-7-5-16/h16,18H,1-15H2. The van der Waals surface area contributed by atoms with Gasteiger partial charge in [0.25, 0.3) is 0 Å². The average Bonchev–Trinajstić information content (AvgIpc) is 2.99. The number of hydrogen-bond acceptors (Lipinski definition) is 4. The van der Waals surface area contributed by atoms with E-state index >= 15 is 0 Å². The van der Waals surface area contributed by atoms with Crippen molar-refractivity contribution in [3.8, 4) is 0 Å². The molecule has 3 saturated heterocycles. The normalized spacial score (nSPS) is 26.3. The third kappa shape index (κ3) is 4.67. The Bertz CT molecular complexity index is 351. The van der Waals surface area contributed by atoms with Crippen molar-refractivity contribution < 1.29 is 4.79 Å². The van der Waals surface area contributed by atoms with E-state index in [2.05, 4.69) is 20.0 Å². The van der Waals surface area contributed by atoms with Gasteiger partial charge in [0.2, 0.25) is 5.91 Å². The van der Waals surface area contributed by atoms with E-state index in [9.17, 15) is 4.79 Å². The molecule has 3 fully saturated rings. The molecular formula is C17H32N4O. The molecule has 0 saturated carbocycles. The summed E-state index contributed by atoms with van der Waals surface area (Å²) in [5.74, 6) is 1.23. The zero-order valence-electron chi connectivity index (χ0n) is 13.9. The summed E-state index contributed by atoms with van der Waals surface area (Å²) >= 11 is 0. The number of carbonyl (C=O) groups is 1. The zero-order chi connectivity index (χ0) is 15.2. The topological polar surface area (TPSA) is 38.8 Å². The predicted molar refractivity (Wildman–Crippen MR) is 88.9 cm³/mol. The van der Waals surface area contributed by atoms with Crippen LogP contribution < -0.4 is 5.32 Å². The highest BCUT2D eigenvalue weighted by molar-refractivity contribution is 5.78. The number of likely N-dealkylation sites (tertiary alicyclic amines) is 1. The van der Waals surface area contributed by atoms with E-state index < -0.39 is 0 Å². The Kier molecular flexibility index (Phi) is 6.10. The Morgan fingerprint density at radius 1 is 0.864 bits per heavy atom. The van der Waals surface area contributed by atoms with Gasteiger partial charge in [-0.2, -0.15) is 0 Å². The molecule has 0 aliphatic carbocycles. The van der Waals surface area contributed by atoms with Crippen molar-refractivity contribution in [1.29, 1.82) is 0 Å². The molecule has 22 heavy (non-hydrogen) atoms. The molecule has 3 aliphatic heterocycles. The van der Waals surface area contributed by atoms with Crippen molar-refractivity contribution in [1.82, 2.24) is 20.0 Å². The monoisotopic (exact) mass is 308 g/mol. The molecule has 1 N–H and O–H groups in total. The fourth-order valence-corrected chi connectivity index (χ4v) is 4.05. The van der Waals surface area contributed by atoms with E-state index in [1.54, 1.807) is 0 Å². The van der Waals surface area contributed by atoms with Crippen LogP contribution in [-0.2, 0) is 4.79 Å². The van der Waals surface area contributed by atoms with Gasteiger partial charge in [0.15, 0.2) is 0 Å². The van der Waals surface area contributed by atoms with Gasteiger partial charge in [-0.3, -0.25) is 9.69 Å². The van der Waals surface area contributed by atoms with E-state index in [1.807, 2.05) is 0 Å². The van der Waals surface area contributed by atoms with Gasteiger partial charge in [0.1, 0.15) is 0 Å². The molecule has 3 heterocycles. The highest BCUT2D eigenvalue weighted by atomic mass is 16.2. The lowest BCUT2D eigenvalue weighted by Gasteiger charge is -2.29. The molecule has 0 radical (unpaired) electrons. The van der Waals surface area contributed by atoms with Gasteiger partial charge in [-0.1, -0.05) is 0 Å². The van der Waals surface area contributed by atoms with Crippen LogP contribution >= 0.6 is 0 Å². The summed E-state index contributed by atoms with van der Waals surface area (Å²) in [5, 5.41) is 3.45. The molecule has 0 aromatic rings. The molecule has 3 aliphatic rings. The van der Waals surface area contributed by atoms with Crippen molar-refractivity contribution in [3.05, 3.63) is 0 Å². The van der Waals surface area contributed by atoms with E-state index in [4.69, 9.17) is 0 Å². The maximum absolute atomic E-state index is 12.3. The number of nitrogens with one attached hydrogen (secondary N) is 1. The predicted octanol–water partition coefficient (Wildman–Crippen LogP) is 0.616. The first kappa shape index (κ1) is 16.2. The minimum absolute atomic E-state index is 0.351. The maximum Gasteiger partial charge on any atom is 0.236 e. The summed E-state index contributed by atoms with van der Waals surface area (Å²) in [7, 11) is 0. The molecule has 126 valence electrons. The van der Waals surface area contributed by atoms with Gasteiger partial charge in [0.05, 0.1) is 6.54 Å². The molecule has 0 aromatic carbocycles. The van der Waals surface area contributed by atoms with E-state index in [-0.39, 0.29) is 0 Å². The van der Waals surface area contributed by atoms with Gasteiger partial charge in [-0.25, -0.2) is 0 Å². The number of piperidine rings is 1. The third-order valence-corrected chi connectivity index (χ3v) is 5.47. The van der Waals surface area contributed by atoms with Crippen LogP contribution in [0, 0.1) is 5.92 Å². The minimum Gasteiger partial charge on any atom is -0.342 e. The Labute approximate surface area is 135 Å². The molecule has 0 bridgehead atoms. The van der Waals surface area contributed by atoms with Crippen LogP contribution in [0.5, 0.6) is 0 Å². The van der Waals surface area contributed by atoms with Crippen LogP contribution in [0.25, 0.3) is 0 Å². The lowest BCUT2D eigenvalue weighted by atomic mass is 9.97. The zero-order valence-corrected chi connectivity index (χ0v) is 13.9. The summed E-state index contributed by atoms with van der Waals surface area (Å²) in [6.45, 7) is 10.7. The molecule has 0 atom stereocenters. The first-order chi connectivity index (χ1) is 10.8. The molecule has 0 spiro atoms. The first-order valence-corrected chi connectivity index (χ1v) is 9.24. The van der Waals surface area contributed by atoms with Gasteiger partial charge in [-0.15, -0.1) is 0 Å². The number of rotatable bonds is 4. The van der Waals surface area contributed by atoms with E-state index in [0.29, 0.717) is 12.5 Å². The Morgan fingerprint density at radius 2 is 1.55 bits per heavy atom. The maximum atomic E-state index is 12.3. The van der Waals surface area contributed by atoms with Crippen LogP contribution in [0.3, 0.4) is 0 Å². The first-order valence-electron chi connectivity index (χ1n) is 9.24. The number of amides is 1. The molecule has 3 rings (SSSR count). The van der Waals surface area contributed by atoms with Crippen LogP contribution in [0.2, 0.25) is 0 Å². The fraction of sp³-hybridized carbons (Fsp3) is 0.941. The second-order valence-corrected chi connectivity index (χ2v) is 7.21. The van der Waals surface area contributed by atoms with Crippen LogP contribution in [-0.4, -0.2) is 86.1 Å². The lowest BCUT2D eigenvalue weighted by Crippen LogP contribution is -2.41. The van der Waals surface area contributed by atoms with Gasteiger partial charge in [-0.05, 0) is 64.2 Å². The van der Waals surface area contributed by atoms with Crippen LogP contribution in [0.1, 0.15) is 32.1 Å². The van der Waals surface area contributed by atoms with Crippen molar-refractivity contribution in [2.75, 3.05) is 65.4 Å². The minimum atomic E-state index is 0.351. The Hall–Kier alpha value is -0.650. The molecule has 5 heteroatoms. The summed E-state index contributed by atoms with van der Waals surface area (Å²) in [6, 6.07) is 0. The van der Waals surface area contributed by atoms with Crippen molar-refractivity contribution in [2.45, 2.75) is 32.1 Å². The van der Waals surface area contributed by atoms with Crippen molar-refractivity contribution in [3.63, 3.8) is 0 Å². The fourth-order valence-electron chi connectivity index (χ4n) is 4.05. The molecular weight excluding hydrogens is 276 g/mol. The second kappa shape index (κ2) is 8.27. The van der Waals surface area contributed by atoms with Gasteiger partial charge < -0.3 is 15.1 Å². The molecule has 5 nitrogen and oxygen atoms in total. The highest BCUT2D eigenvalue weighted by Crippen LogP contribution is 2.15. The number of nitrogens with zero attached hydrogens (tertiary/aromatic N) is 3. The molecule has 1 amide bonds. The second-order valence-electron chi connectivity index (χ2n) is 7.21. The summed E-state index contributed by atoms with van der Waals surface area (Å²) in [6.07, 6.45) is 6.24. The number of carbonyl (C=O) groups excluding carboxylic acids is 1. The largest absolute Gasteiger partial charge is 0.342 e. The Balaban J connectivity index is 1.40. The highest BCUT2D eigenvalue weighted by Gasteiger charge is 2.23. The number of hydrogen-bond donors (Lipinski definition) is 1. The molecule has 0 unspecified atom stereocenters. The SMILES string of the molecule is O=C(CN1CCCN(CC2CCNCC2)CC1)N1CCCC1. The average molecular weight is 308 g/mol. The van der Waals surface area contributed by atoms with Crippen LogP contribution in [0.4, 0.5) is 0 Å². The summed E-state index contributed by atoms with van der Waals surface area (Å²) < 4.78 is 0. The van der Waals surface area contributed by atoms with Crippen molar-refractivity contribution in [2.24, 2.45) is 5.92 Å². The van der Waals surface area contributed by atoms with Crippen LogP contribution in [0.15, 0.2) is 0 Å². The van der Waals surface area contributed by atoms with E-state index in [0.717, 1.165) is 38.6 Å². The molecule has 0 aromatic heterocycles. The summed E-state index contributed by atoms with van der Waals surface area (Å²) in [4.78, 5) is 19.4. The Morgan fingerprint density at radius 3 is 2.32 bits per heavy atom. The lowest BCUT2D eigenvalue weighted by molar-refractivity contribution is -0.131. The summed E-state index contributed by atoms with van der Waals surface area (Å²) in [5.41, 5.74) is 0. The van der Waals surface area contributed by atoms with Gasteiger partial charge >= 0.3 is 0 Å². The quantitative estimate of drug-likeness (QED) is 0.826. The third-order valence-electron chi connectivity index (χ3n) is 5.47. The van der Waals surface area contributed by atoms with Crippen molar-refractivity contribution >= 4 is 5.91 Å². The van der Waals surface area contributed by atoms with Gasteiger partial charge in [0, 0.05) is 32.7 Å². The van der Waals surface area contributed by atoms with E-state index in [1.165, 1.54) is 58.3 Å².